The van der Waals surface area contributed by atoms with E-state index in [4.69, 9.17) is 14.6 Å². The first-order chi connectivity index (χ1) is 12.9. The lowest BCUT2D eigenvalue weighted by atomic mass is 10.0. The summed E-state index contributed by atoms with van der Waals surface area (Å²) in [5.41, 5.74) is 0.235. The average Bonchev–Trinajstić information content (AvgIpc) is 2.67. The van der Waals surface area contributed by atoms with E-state index in [2.05, 4.69) is 0 Å². The molecule has 0 bridgehead atoms. The molecule has 1 heterocycles. The molecule has 3 rings (SSSR count). The van der Waals surface area contributed by atoms with E-state index < -0.39 is 29.6 Å². The SMILES string of the molecule is COc1ccc(-c2ccc(C(=O)N3CCO[C@@H](C(=O)O)C3)c(F)c2)c(F)c1. The van der Waals surface area contributed by atoms with E-state index in [9.17, 15) is 18.4 Å². The Bertz CT molecular complexity index is 886. The summed E-state index contributed by atoms with van der Waals surface area (Å²) in [6.45, 7) is 0.0544. The van der Waals surface area contributed by atoms with Crippen LogP contribution in [0.4, 0.5) is 8.78 Å². The van der Waals surface area contributed by atoms with E-state index >= 15 is 0 Å². The van der Waals surface area contributed by atoms with Gasteiger partial charge in [-0.15, -0.1) is 0 Å². The second-order valence-electron chi connectivity index (χ2n) is 5.99. The fraction of sp³-hybridized carbons (Fsp3) is 0.263. The first-order valence-electron chi connectivity index (χ1n) is 8.18. The van der Waals surface area contributed by atoms with Gasteiger partial charge in [-0.05, 0) is 29.8 Å². The number of rotatable bonds is 4. The lowest BCUT2D eigenvalue weighted by Gasteiger charge is -2.31. The van der Waals surface area contributed by atoms with Crippen molar-refractivity contribution < 1.29 is 33.0 Å². The fourth-order valence-electron chi connectivity index (χ4n) is 2.87. The average molecular weight is 377 g/mol. The van der Waals surface area contributed by atoms with Gasteiger partial charge in [0.15, 0.2) is 6.10 Å². The van der Waals surface area contributed by atoms with E-state index in [1.54, 1.807) is 6.07 Å². The van der Waals surface area contributed by atoms with Crippen LogP contribution >= 0.6 is 0 Å². The van der Waals surface area contributed by atoms with Crippen molar-refractivity contribution in [3.8, 4) is 16.9 Å². The summed E-state index contributed by atoms with van der Waals surface area (Å²) in [6, 6.07) is 7.98. The maximum atomic E-state index is 14.5. The number of carbonyl (C=O) groups excluding carboxylic acids is 1. The maximum Gasteiger partial charge on any atom is 0.334 e. The van der Waals surface area contributed by atoms with Gasteiger partial charge in [0.2, 0.25) is 0 Å². The Hall–Kier alpha value is -3.00. The summed E-state index contributed by atoms with van der Waals surface area (Å²) in [5.74, 6) is -2.87. The van der Waals surface area contributed by atoms with Crippen LogP contribution in [0.5, 0.6) is 5.75 Å². The molecule has 2 aromatic carbocycles. The number of aliphatic carboxylic acids is 1. The van der Waals surface area contributed by atoms with E-state index in [1.807, 2.05) is 0 Å². The molecule has 1 amide bonds. The van der Waals surface area contributed by atoms with Gasteiger partial charge in [-0.1, -0.05) is 6.07 Å². The number of benzene rings is 2. The monoisotopic (exact) mass is 377 g/mol. The first-order valence-corrected chi connectivity index (χ1v) is 8.18. The Labute approximate surface area is 153 Å². The van der Waals surface area contributed by atoms with Crippen LogP contribution in [0.3, 0.4) is 0 Å². The lowest BCUT2D eigenvalue weighted by molar-refractivity contribution is -0.154. The van der Waals surface area contributed by atoms with Gasteiger partial charge in [-0.3, -0.25) is 4.79 Å². The largest absolute Gasteiger partial charge is 0.497 e. The van der Waals surface area contributed by atoms with Crippen LogP contribution in [0.25, 0.3) is 11.1 Å². The molecule has 0 saturated carbocycles. The molecule has 0 aromatic heterocycles. The molecule has 0 unspecified atom stereocenters. The van der Waals surface area contributed by atoms with Crippen molar-refractivity contribution >= 4 is 11.9 Å². The molecule has 8 heteroatoms. The number of hydrogen-bond donors (Lipinski definition) is 1. The molecule has 1 atom stereocenters. The number of morpholine rings is 1. The van der Waals surface area contributed by atoms with Gasteiger partial charge in [0.1, 0.15) is 17.4 Å². The van der Waals surface area contributed by atoms with Gasteiger partial charge >= 0.3 is 5.97 Å². The highest BCUT2D eigenvalue weighted by atomic mass is 19.1. The fourth-order valence-corrected chi connectivity index (χ4v) is 2.87. The topological polar surface area (TPSA) is 76.1 Å². The minimum Gasteiger partial charge on any atom is -0.497 e. The molecule has 2 aromatic rings. The Morgan fingerprint density at radius 3 is 2.59 bits per heavy atom. The zero-order chi connectivity index (χ0) is 19.6. The Morgan fingerprint density at radius 2 is 1.96 bits per heavy atom. The molecule has 6 nitrogen and oxygen atoms in total. The first kappa shape index (κ1) is 18.8. The third kappa shape index (κ3) is 3.90. The third-order valence-electron chi connectivity index (χ3n) is 4.32. The zero-order valence-electron chi connectivity index (χ0n) is 14.4. The minimum absolute atomic E-state index is 0.0550. The summed E-state index contributed by atoms with van der Waals surface area (Å²) < 4.78 is 38.7. The predicted octanol–water partition coefficient (Wildman–Crippen LogP) is 2.57. The summed E-state index contributed by atoms with van der Waals surface area (Å²) in [6.07, 6.45) is -1.14. The molecule has 1 N–H and O–H groups in total. The molecule has 0 radical (unpaired) electrons. The highest BCUT2D eigenvalue weighted by molar-refractivity contribution is 5.95. The summed E-state index contributed by atoms with van der Waals surface area (Å²) >= 11 is 0. The predicted molar refractivity (Wildman–Crippen MR) is 91.6 cm³/mol. The number of halogens is 2. The standard InChI is InChI=1S/C19H17F2NO5/c1-26-12-3-5-13(16(21)9-12)11-2-4-14(15(20)8-11)18(23)22-6-7-27-17(10-22)19(24)25/h2-5,8-9,17H,6-7,10H2,1H3,(H,24,25)/t17-/m1/s1. The van der Waals surface area contributed by atoms with Crippen LogP contribution in [-0.4, -0.2) is 54.8 Å². The highest BCUT2D eigenvalue weighted by Crippen LogP contribution is 2.28. The number of carboxylic acids is 1. The number of carboxylic acid groups (broad SMARTS) is 1. The van der Waals surface area contributed by atoms with E-state index in [1.165, 1.54) is 36.3 Å². The van der Waals surface area contributed by atoms with E-state index in [-0.39, 0.29) is 36.4 Å². The van der Waals surface area contributed by atoms with Gasteiger partial charge in [0, 0.05) is 18.2 Å². The van der Waals surface area contributed by atoms with Gasteiger partial charge in [-0.2, -0.15) is 0 Å². The van der Waals surface area contributed by atoms with Crippen molar-refractivity contribution in [2.45, 2.75) is 6.10 Å². The molecule has 1 saturated heterocycles. The van der Waals surface area contributed by atoms with Crippen molar-refractivity contribution in [2.24, 2.45) is 0 Å². The van der Waals surface area contributed by atoms with E-state index in [0.29, 0.717) is 5.75 Å². The normalized spacial score (nSPS) is 16.9. The van der Waals surface area contributed by atoms with Crippen LogP contribution in [0.1, 0.15) is 10.4 Å². The Balaban J connectivity index is 1.84. The zero-order valence-corrected chi connectivity index (χ0v) is 14.4. The quantitative estimate of drug-likeness (QED) is 0.886. The van der Waals surface area contributed by atoms with Gasteiger partial charge in [-0.25, -0.2) is 13.6 Å². The van der Waals surface area contributed by atoms with Crippen molar-refractivity contribution in [3.63, 3.8) is 0 Å². The lowest BCUT2D eigenvalue weighted by Crippen LogP contribution is -2.48. The summed E-state index contributed by atoms with van der Waals surface area (Å²) in [5, 5.41) is 9.01. The molecule has 27 heavy (non-hydrogen) atoms. The van der Waals surface area contributed by atoms with E-state index in [0.717, 1.165) is 6.07 Å². The van der Waals surface area contributed by atoms with Gasteiger partial charge in [0.05, 0.1) is 25.8 Å². The van der Waals surface area contributed by atoms with Gasteiger partial charge < -0.3 is 19.5 Å². The molecule has 1 fully saturated rings. The third-order valence-corrected chi connectivity index (χ3v) is 4.32. The Kier molecular flexibility index (Phi) is 5.36. The second kappa shape index (κ2) is 7.71. The number of nitrogens with zero attached hydrogens (tertiary/aromatic N) is 1. The molecule has 142 valence electrons. The van der Waals surface area contributed by atoms with Crippen LogP contribution in [0, 0.1) is 11.6 Å². The molecular weight excluding hydrogens is 360 g/mol. The molecule has 1 aliphatic rings. The maximum absolute atomic E-state index is 14.5. The highest BCUT2D eigenvalue weighted by Gasteiger charge is 2.30. The van der Waals surface area contributed by atoms with Crippen LogP contribution in [0.2, 0.25) is 0 Å². The summed E-state index contributed by atoms with van der Waals surface area (Å²) in [7, 11) is 1.41. The van der Waals surface area contributed by atoms with Crippen LogP contribution in [0.15, 0.2) is 36.4 Å². The number of ether oxygens (including phenoxy) is 2. The molecule has 1 aliphatic heterocycles. The van der Waals surface area contributed by atoms with Crippen molar-refractivity contribution in [1.29, 1.82) is 0 Å². The molecule has 0 spiro atoms. The van der Waals surface area contributed by atoms with Gasteiger partial charge in [0.25, 0.3) is 5.91 Å². The Morgan fingerprint density at radius 1 is 1.19 bits per heavy atom. The number of amides is 1. The van der Waals surface area contributed by atoms with Crippen LogP contribution < -0.4 is 4.74 Å². The number of hydrogen-bond acceptors (Lipinski definition) is 4. The smallest absolute Gasteiger partial charge is 0.334 e. The van der Waals surface area contributed by atoms with Crippen molar-refractivity contribution in [1.82, 2.24) is 4.90 Å². The number of methoxy groups -OCH3 is 1. The van der Waals surface area contributed by atoms with Crippen molar-refractivity contribution in [3.05, 3.63) is 53.6 Å². The molecular formula is C19H17F2NO5. The van der Waals surface area contributed by atoms with Crippen LogP contribution in [-0.2, 0) is 9.53 Å². The number of carbonyl (C=O) groups is 2. The summed E-state index contributed by atoms with van der Waals surface area (Å²) in [4.78, 5) is 24.8. The minimum atomic E-state index is -1.18. The second-order valence-corrected chi connectivity index (χ2v) is 5.99. The molecule has 0 aliphatic carbocycles. The van der Waals surface area contributed by atoms with Crippen molar-refractivity contribution in [2.75, 3.05) is 26.8 Å².